The van der Waals surface area contributed by atoms with E-state index in [4.69, 9.17) is 0 Å². The van der Waals surface area contributed by atoms with Crippen LogP contribution in [0.4, 0.5) is 5.69 Å². The van der Waals surface area contributed by atoms with Gasteiger partial charge in [0.15, 0.2) is 0 Å². The Morgan fingerprint density at radius 1 is 1.29 bits per heavy atom. The molecule has 1 aliphatic heterocycles. The van der Waals surface area contributed by atoms with E-state index in [0.717, 1.165) is 30.6 Å². The van der Waals surface area contributed by atoms with E-state index in [1.54, 1.807) is 4.31 Å². The van der Waals surface area contributed by atoms with Gasteiger partial charge in [0.1, 0.15) is 0 Å². The van der Waals surface area contributed by atoms with Crippen LogP contribution in [-0.4, -0.2) is 32.8 Å². The van der Waals surface area contributed by atoms with Gasteiger partial charge in [-0.3, -0.25) is 4.31 Å². The van der Waals surface area contributed by atoms with Gasteiger partial charge in [0.2, 0.25) is 10.0 Å². The molecule has 1 aromatic carbocycles. The number of unbranched alkanes of at least 4 members (excludes halogenated alkanes) is 1. The van der Waals surface area contributed by atoms with Crippen molar-refractivity contribution in [3.63, 3.8) is 0 Å². The number of nitrogens with one attached hydrogen (secondary N) is 1. The van der Waals surface area contributed by atoms with Gasteiger partial charge in [-0.05, 0) is 44.4 Å². The third-order valence-corrected chi connectivity index (χ3v) is 5.79. The quantitative estimate of drug-likeness (QED) is 0.787. The van der Waals surface area contributed by atoms with E-state index in [0.29, 0.717) is 12.5 Å². The van der Waals surface area contributed by atoms with E-state index in [-0.39, 0.29) is 11.8 Å². The highest BCUT2D eigenvalue weighted by Crippen LogP contribution is 2.34. The molecule has 0 saturated heterocycles. The molecule has 1 aromatic rings. The Labute approximate surface area is 128 Å². The van der Waals surface area contributed by atoms with Crippen LogP contribution in [0.15, 0.2) is 24.3 Å². The molecule has 0 amide bonds. The minimum Gasteiger partial charge on any atom is -0.315 e. The van der Waals surface area contributed by atoms with Crippen LogP contribution in [0.25, 0.3) is 0 Å². The summed E-state index contributed by atoms with van der Waals surface area (Å²) in [6.45, 7) is 7.05. The number of anilines is 1. The first-order valence-electron chi connectivity index (χ1n) is 7.75. The predicted molar refractivity (Wildman–Crippen MR) is 88.2 cm³/mol. The summed E-state index contributed by atoms with van der Waals surface area (Å²) in [6.07, 6.45) is 2.40. The van der Waals surface area contributed by atoms with Crippen molar-refractivity contribution in [2.75, 3.05) is 16.6 Å². The lowest BCUT2D eigenvalue weighted by molar-refractivity contribution is 0.556. The summed E-state index contributed by atoms with van der Waals surface area (Å²) in [5.41, 5.74) is 2.00. The first-order chi connectivity index (χ1) is 9.92. The topological polar surface area (TPSA) is 49.4 Å². The average Bonchev–Trinajstić information content (AvgIpc) is 2.74. The van der Waals surface area contributed by atoms with Gasteiger partial charge in [-0.15, -0.1) is 0 Å². The minimum atomic E-state index is -3.22. The van der Waals surface area contributed by atoms with Crippen molar-refractivity contribution >= 4 is 15.7 Å². The minimum absolute atomic E-state index is 0.0289. The molecule has 0 aromatic heterocycles. The monoisotopic (exact) mass is 310 g/mol. The molecule has 2 rings (SSSR count). The Morgan fingerprint density at radius 3 is 2.71 bits per heavy atom. The lowest BCUT2D eigenvalue weighted by Crippen LogP contribution is -2.37. The Kier molecular flexibility index (Phi) is 5.27. The highest BCUT2D eigenvalue weighted by molar-refractivity contribution is 7.92. The van der Waals surface area contributed by atoms with Gasteiger partial charge < -0.3 is 5.32 Å². The van der Waals surface area contributed by atoms with Crippen molar-refractivity contribution in [1.29, 1.82) is 0 Å². The number of fused-ring (bicyclic) bond motifs is 1. The van der Waals surface area contributed by atoms with Gasteiger partial charge in [0.05, 0.1) is 11.4 Å². The molecule has 5 heteroatoms. The van der Waals surface area contributed by atoms with Crippen LogP contribution in [0.3, 0.4) is 0 Å². The molecule has 1 unspecified atom stereocenters. The van der Waals surface area contributed by atoms with Gasteiger partial charge >= 0.3 is 0 Å². The SMILES string of the molecule is CC(C)NCCCCS(=O)(=O)N1c2ccccc2CC1C. The Morgan fingerprint density at radius 2 is 2.00 bits per heavy atom. The highest BCUT2D eigenvalue weighted by Gasteiger charge is 2.34. The number of para-hydroxylation sites is 1. The standard InChI is InChI=1S/C16H26N2O2S/c1-13(2)17-10-6-7-11-21(19,20)18-14(3)12-15-8-4-5-9-16(15)18/h4-5,8-9,13-14,17H,6-7,10-12H2,1-3H3. The van der Waals surface area contributed by atoms with E-state index >= 15 is 0 Å². The molecular formula is C16H26N2O2S. The third-order valence-electron chi connectivity index (χ3n) is 3.83. The zero-order chi connectivity index (χ0) is 15.5. The second-order valence-corrected chi connectivity index (χ2v) is 8.08. The van der Waals surface area contributed by atoms with Crippen LogP contribution in [0.1, 0.15) is 39.2 Å². The predicted octanol–water partition coefficient (Wildman–Crippen LogP) is 2.55. The molecule has 0 radical (unpaired) electrons. The van der Waals surface area contributed by atoms with Crippen molar-refractivity contribution in [3.05, 3.63) is 29.8 Å². The summed E-state index contributed by atoms with van der Waals surface area (Å²) in [4.78, 5) is 0. The van der Waals surface area contributed by atoms with Crippen LogP contribution in [0.5, 0.6) is 0 Å². The summed E-state index contributed by atoms with van der Waals surface area (Å²) in [7, 11) is -3.22. The largest absolute Gasteiger partial charge is 0.315 e. The fourth-order valence-corrected chi connectivity index (χ4v) is 4.73. The summed E-state index contributed by atoms with van der Waals surface area (Å²) in [6, 6.07) is 8.30. The molecule has 118 valence electrons. The number of hydrogen-bond acceptors (Lipinski definition) is 3. The fourth-order valence-electron chi connectivity index (χ4n) is 2.86. The number of sulfonamides is 1. The maximum Gasteiger partial charge on any atom is 0.235 e. The van der Waals surface area contributed by atoms with Crippen LogP contribution in [-0.2, 0) is 16.4 Å². The Hall–Kier alpha value is -1.07. The van der Waals surface area contributed by atoms with Crippen molar-refractivity contribution in [2.45, 2.75) is 52.1 Å². The number of rotatable bonds is 7. The number of nitrogens with zero attached hydrogens (tertiary/aromatic N) is 1. The molecule has 21 heavy (non-hydrogen) atoms. The lowest BCUT2D eigenvalue weighted by atomic mass is 10.1. The smallest absolute Gasteiger partial charge is 0.235 e. The van der Waals surface area contributed by atoms with E-state index in [1.807, 2.05) is 31.2 Å². The van der Waals surface area contributed by atoms with E-state index in [9.17, 15) is 8.42 Å². The zero-order valence-electron chi connectivity index (χ0n) is 13.2. The van der Waals surface area contributed by atoms with E-state index in [1.165, 1.54) is 0 Å². The number of hydrogen-bond donors (Lipinski definition) is 1. The molecule has 1 aliphatic rings. The summed E-state index contributed by atoms with van der Waals surface area (Å²) in [5.74, 6) is 0.228. The average molecular weight is 310 g/mol. The van der Waals surface area contributed by atoms with Gasteiger partial charge in [-0.2, -0.15) is 0 Å². The second-order valence-electron chi connectivity index (χ2n) is 6.11. The van der Waals surface area contributed by atoms with Crippen molar-refractivity contribution < 1.29 is 8.42 Å². The summed E-state index contributed by atoms with van der Waals surface area (Å²) in [5, 5.41) is 3.32. The Bertz CT molecular complexity index is 569. The van der Waals surface area contributed by atoms with Crippen LogP contribution < -0.4 is 9.62 Å². The highest BCUT2D eigenvalue weighted by atomic mass is 32.2. The second kappa shape index (κ2) is 6.79. The van der Waals surface area contributed by atoms with Gasteiger partial charge in [0, 0.05) is 12.1 Å². The molecular weight excluding hydrogens is 284 g/mol. The van der Waals surface area contributed by atoms with Gasteiger partial charge in [-0.25, -0.2) is 8.42 Å². The Balaban J connectivity index is 1.97. The molecule has 1 N–H and O–H groups in total. The van der Waals surface area contributed by atoms with Crippen molar-refractivity contribution in [2.24, 2.45) is 0 Å². The summed E-state index contributed by atoms with van der Waals surface area (Å²) < 4.78 is 26.8. The molecule has 0 spiro atoms. The molecule has 0 saturated carbocycles. The zero-order valence-corrected chi connectivity index (χ0v) is 14.0. The van der Waals surface area contributed by atoms with Crippen LogP contribution >= 0.6 is 0 Å². The number of benzene rings is 1. The lowest BCUT2D eigenvalue weighted by Gasteiger charge is -2.24. The van der Waals surface area contributed by atoms with Crippen molar-refractivity contribution in [1.82, 2.24) is 5.32 Å². The van der Waals surface area contributed by atoms with E-state index in [2.05, 4.69) is 19.2 Å². The molecule has 0 fully saturated rings. The molecule has 1 atom stereocenters. The molecule has 0 aliphatic carbocycles. The van der Waals surface area contributed by atoms with Crippen LogP contribution in [0, 0.1) is 0 Å². The first kappa shape index (κ1) is 16.3. The molecule has 0 bridgehead atoms. The third kappa shape index (κ3) is 3.98. The van der Waals surface area contributed by atoms with E-state index < -0.39 is 10.0 Å². The first-order valence-corrected chi connectivity index (χ1v) is 9.36. The molecule has 4 nitrogen and oxygen atoms in total. The fraction of sp³-hybridized carbons (Fsp3) is 0.625. The molecule has 1 heterocycles. The maximum atomic E-state index is 12.6. The maximum absolute atomic E-state index is 12.6. The van der Waals surface area contributed by atoms with Gasteiger partial charge in [0.25, 0.3) is 0 Å². The van der Waals surface area contributed by atoms with Crippen LogP contribution in [0.2, 0.25) is 0 Å². The normalized spacial score (nSPS) is 18.3. The van der Waals surface area contributed by atoms with Gasteiger partial charge in [-0.1, -0.05) is 32.0 Å². The van der Waals surface area contributed by atoms with Crippen molar-refractivity contribution in [3.8, 4) is 0 Å². The summed E-state index contributed by atoms with van der Waals surface area (Å²) >= 11 is 0.